The van der Waals surface area contributed by atoms with E-state index in [-0.39, 0.29) is 29.8 Å². The standard InChI is InChI=1S/C46H53FN8O6/c1-26-39-29(19-34(40(26)61-4)50-41(57)33-9-6-10-36(49-33)45(2,3)47)23-54(52-39)30-13-11-27(12-14-30)22-53-24-46(25-53)20-28(21-46)17-18-48-32-8-5-7-31-38(32)44(60)55(43(31)59)35-15-16-37(56)51-42(35)58/h5-10,19,23,27-28,30,35,48H,11-18,20-22,24-25H2,1-4H3,(H,50,57)(H,51,56,58). The lowest BCUT2D eigenvalue weighted by Crippen LogP contribution is -2.63. The fraction of sp³-hybridized carbons (Fsp3) is 0.500. The molecule has 5 heterocycles. The molecule has 15 heteroatoms. The van der Waals surface area contributed by atoms with E-state index in [0.29, 0.717) is 52.5 Å². The predicted octanol–water partition coefficient (Wildman–Crippen LogP) is 6.55. The third kappa shape index (κ3) is 7.65. The number of hydrogen-bond donors (Lipinski definition) is 3. The second-order valence-electron chi connectivity index (χ2n) is 18.5. The molecule has 9 rings (SSSR count). The summed E-state index contributed by atoms with van der Waals surface area (Å²) in [4.78, 5) is 71.9. The Morgan fingerprint density at radius 3 is 2.46 bits per heavy atom. The van der Waals surface area contributed by atoms with Crippen LogP contribution in [0.4, 0.5) is 15.8 Å². The number of amides is 5. The first kappa shape index (κ1) is 40.7. The number of anilines is 2. The minimum absolute atomic E-state index is 0.0899. The molecule has 14 nitrogen and oxygen atoms in total. The summed E-state index contributed by atoms with van der Waals surface area (Å²) in [5.41, 5.74) is 2.46. The van der Waals surface area contributed by atoms with Crippen molar-refractivity contribution in [3.05, 3.63) is 76.7 Å². The molecule has 2 saturated carbocycles. The summed E-state index contributed by atoms with van der Waals surface area (Å²) in [5, 5.41) is 14.5. The molecule has 4 aromatic rings. The molecule has 3 N–H and O–H groups in total. The number of nitrogens with zero attached hydrogens (tertiary/aromatic N) is 5. The monoisotopic (exact) mass is 832 g/mol. The first-order valence-electron chi connectivity index (χ1n) is 21.6. The Hall–Kier alpha value is -5.70. The van der Waals surface area contributed by atoms with Gasteiger partial charge in [0.2, 0.25) is 11.8 Å². The molecule has 1 unspecified atom stereocenters. The number of methoxy groups -OCH3 is 1. The van der Waals surface area contributed by atoms with Gasteiger partial charge in [-0.25, -0.2) is 9.37 Å². The molecule has 2 aromatic carbocycles. The van der Waals surface area contributed by atoms with Crippen molar-refractivity contribution in [3.8, 4) is 5.75 Å². The third-order valence-electron chi connectivity index (χ3n) is 13.6. The van der Waals surface area contributed by atoms with E-state index in [1.54, 1.807) is 37.4 Å². The number of imide groups is 2. The van der Waals surface area contributed by atoms with Crippen LogP contribution in [0.3, 0.4) is 0 Å². The van der Waals surface area contributed by atoms with Gasteiger partial charge in [0.05, 0.1) is 41.2 Å². The Morgan fingerprint density at radius 2 is 1.74 bits per heavy atom. The smallest absolute Gasteiger partial charge is 0.274 e. The fourth-order valence-corrected chi connectivity index (χ4v) is 10.6. The van der Waals surface area contributed by atoms with E-state index in [0.717, 1.165) is 73.1 Å². The summed E-state index contributed by atoms with van der Waals surface area (Å²) in [6.07, 6.45) is 10.1. The van der Waals surface area contributed by atoms with Gasteiger partial charge in [0, 0.05) is 55.4 Å². The number of ether oxygens (including phenoxy) is 1. The number of alkyl halides is 1. The molecule has 5 aliphatic rings. The SMILES string of the molecule is COc1c(NC(=O)c2cccc(C(C)(C)F)n2)cc2cn(C3CCC(CN4CC5(CC(CCNc6cccc7c6C(=O)N(C6CCC(=O)NC6=O)C7=O)C5)C4)CC3)nc2c1C. The molecule has 61 heavy (non-hydrogen) atoms. The van der Waals surface area contributed by atoms with Crippen LogP contribution >= 0.6 is 0 Å². The van der Waals surface area contributed by atoms with Gasteiger partial charge < -0.3 is 20.3 Å². The van der Waals surface area contributed by atoms with Crippen LogP contribution < -0.4 is 20.7 Å². The number of benzene rings is 2. The van der Waals surface area contributed by atoms with Crippen molar-refractivity contribution in [3.63, 3.8) is 0 Å². The zero-order chi connectivity index (χ0) is 42.8. The van der Waals surface area contributed by atoms with Gasteiger partial charge >= 0.3 is 0 Å². The first-order valence-corrected chi connectivity index (χ1v) is 21.6. The maximum absolute atomic E-state index is 14.6. The molecule has 0 bridgehead atoms. The molecule has 5 amide bonds. The Labute approximate surface area is 353 Å². The van der Waals surface area contributed by atoms with Crippen LogP contribution in [0.15, 0.2) is 48.7 Å². The highest BCUT2D eigenvalue weighted by Gasteiger charge is 2.52. The summed E-state index contributed by atoms with van der Waals surface area (Å²) < 4.78 is 22.4. The second kappa shape index (κ2) is 15.6. The Balaban J connectivity index is 0.729. The molecule has 1 spiro atoms. The average Bonchev–Trinajstić information content (AvgIpc) is 3.74. The lowest BCUT2D eigenvalue weighted by Gasteiger charge is -2.60. The first-order chi connectivity index (χ1) is 29.2. The van der Waals surface area contributed by atoms with Crippen molar-refractivity contribution in [1.29, 1.82) is 0 Å². The summed E-state index contributed by atoms with van der Waals surface area (Å²) in [6, 6.07) is 11.2. The number of halogens is 1. The van der Waals surface area contributed by atoms with Gasteiger partial charge in [-0.1, -0.05) is 12.1 Å². The van der Waals surface area contributed by atoms with Crippen LogP contribution in [-0.2, 0) is 15.3 Å². The number of hydrogen-bond acceptors (Lipinski definition) is 10. The van der Waals surface area contributed by atoms with E-state index in [1.807, 2.05) is 19.1 Å². The van der Waals surface area contributed by atoms with Gasteiger partial charge in [0.1, 0.15) is 23.2 Å². The minimum atomic E-state index is -1.67. The van der Waals surface area contributed by atoms with Crippen molar-refractivity contribution < 1.29 is 33.1 Å². The van der Waals surface area contributed by atoms with E-state index in [1.165, 1.54) is 26.7 Å². The number of nitrogens with one attached hydrogen (secondary N) is 3. The largest absolute Gasteiger partial charge is 0.494 e. The number of rotatable bonds is 12. The van der Waals surface area contributed by atoms with Gasteiger partial charge in [-0.2, -0.15) is 5.10 Å². The molecule has 2 aliphatic carbocycles. The minimum Gasteiger partial charge on any atom is -0.494 e. The molecule has 3 aliphatic heterocycles. The number of piperidine rings is 1. The van der Waals surface area contributed by atoms with Crippen LogP contribution in [0.1, 0.15) is 120 Å². The summed E-state index contributed by atoms with van der Waals surface area (Å²) >= 11 is 0. The lowest BCUT2D eigenvalue weighted by molar-refractivity contribution is -0.136. The van der Waals surface area contributed by atoms with Gasteiger partial charge in [-0.15, -0.1) is 0 Å². The summed E-state index contributed by atoms with van der Waals surface area (Å²) in [6.45, 7) is 8.89. The number of aromatic nitrogens is 3. The van der Waals surface area contributed by atoms with Crippen molar-refractivity contribution in [1.82, 2.24) is 29.9 Å². The quantitative estimate of drug-likeness (QED) is 0.133. The molecule has 0 radical (unpaired) electrons. The number of carbonyl (C=O) groups is 5. The van der Waals surface area contributed by atoms with Crippen molar-refractivity contribution in [2.75, 3.05) is 43.9 Å². The van der Waals surface area contributed by atoms with Crippen molar-refractivity contribution in [2.45, 2.75) is 96.3 Å². The Kier molecular flexibility index (Phi) is 10.4. The molecule has 1 atom stereocenters. The van der Waals surface area contributed by atoms with E-state index >= 15 is 0 Å². The van der Waals surface area contributed by atoms with E-state index in [2.05, 4.69) is 36.7 Å². The highest BCUT2D eigenvalue weighted by molar-refractivity contribution is 6.25. The molecular weight excluding hydrogens is 780 g/mol. The van der Waals surface area contributed by atoms with Crippen molar-refractivity contribution >= 4 is 51.8 Å². The molecule has 2 aromatic heterocycles. The molecule has 320 valence electrons. The number of carbonyl (C=O) groups excluding carboxylic acids is 5. The summed E-state index contributed by atoms with van der Waals surface area (Å²) in [5.74, 6) is -0.620. The van der Waals surface area contributed by atoms with Crippen molar-refractivity contribution in [2.24, 2.45) is 17.3 Å². The van der Waals surface area contributed by atoms with Crippen LogP contribution in [0.2, 0.25) is 0 Å². The third-order valence-corrected chi connectivity index (χ3v) is 13.6. The highest BCUT2D eigenvalue weighted by Crippen LogP contribution is 2.53. The Bertz CT molecular complexity index is 2440. The van der Waals surface area contributed by atoms with Crippen LogP contribution in [0, 0.1) is 24.2 Å². The number of likely N-dealkylation sites (tertiary alicyclic amines) is 1. The second-order valence-corrected chi connectivity index (χ2v) is 18.5. The lowest BCUT2D eigenvalue weighted by atomic mass is 9.57. The topological polar surface area (TPSA) is 168 Å². The maximum atomic E-state index is 14.6. The van der Waals surface area contributed by atoms with E-state index < -0.39 is 41.2 Å². The normalized spacial score (nSPS) is 22.8. The fourth-order valence-electron chi connectivity index (χ4n) is 10.6. The molecular formula is C46H53FN8O6. The summed E-state index contributed by atoms with van der Waals surface area (Å²) in [7, 11) is 1.57. The van der Waals surface area contributed by atoms with Gasteiger partial charge in [-0.3, -0.25) is 38.9 Å². The van der Waals surface area contributed by atoms with E-state index in [9.17, 15) is 28.4 Å². The maximum Gasteiger partial charge on any atom is 0.274 e. The average molecular weight is 833 g/mol. The number of fused-ring (bicyclic) bond motifs is 2. The highest BCUT2D eigenvalue weighted by atomic mass is 19.1. The van der Waals surface area contributed by atoms with Gasteiger partial charge in [-0.05, 0) is 120 Å². The number of aryl methyl sites for hydroxylation is 1. The van der Waals surface area contributed by atoms with Crippen LogP contribution in [-0.4, -0.2) is 93.4 Å². The molecule has 4 fully saturated rings. The van der Waals surface area contributed by atoms with E-state index in [4.69, 9.17) is 9.84 Å². The zero-order valence-corrected chi connectivity index (χ0v) is 35.2. The van der Waals surface area contributed by atoms with Gasteiger partial charge in [0.25, 0.3) is 17.7 Å². The van der Waals surface area contributed by atoms with Gasteiger partial charge in [0.15, 0.2) is 0 Å². The number of pyridine rings is 1. The van der Waals surface area contributed by atoms with Crippen LogP contribution in [0.25, 0.3) is 10.9 Å². The predicted molar refractivity (Wildman–Crippen MR) is 226 cm³/mol. The Morgan fingerprint density at radius 1 is 0.984 bits per heavy atom. The van der Waals surface area contributed by atoms with Crippen LogP contribution in [0.5, 0.6) is 5.75 Å². The molecule has 2 saturated heterocycles. The zero-order valence-electron chi connectivity index (χ0n) is 35.2.